The first-order chi connectivity index (χ1) is 13.0. The number of aliphatic imine (C=N–C) groups is 1. The van der Waals surface area contributed by atoms with E-state index in [1.54, 1.807) is 18.2 Å². The number of aromatic hydroxyl groups is 1. The van der Waals surface area contributed by atoms with Crippen molar-refractivity contribution in [2.75, 3.05) is 0 Å². The molecule has 7 heteroatoms. The van der Waals surface area contributed by atoms with E-state index in [2.05, 4.69) is 25.9 Å². The predicted molar refractivity (Wildman–Crippen MR) is 113 cm³/mol. The second-order valence-corrected chi connectivity index (χ2v) is 7.52. The van der Waals surface area contributed by atoms with E-state index in [9.17, 15) is 5.11 Å². The smallest absolute Gasteiger partial charge is 0.227 e. The summed E-state index contributed by atoms with van der Waals surface area (Å²) < 4.78 is 6.80. The Morgan fingerprint density at radius 1 is 1.04 bits per heavy atom. The molecule has 1 heterocycles. The highest BCUT2D eigenvalue weighted by atomic mass is 79.9. The van der Waals surface area contributed by atoms with Crippen LogP contribution < -0.4 is 0 Å². The molecular weight excluding hydrogens is 451 g/mol. The molecule has 0 unspecified atom stereocenters. The summed E-state index contributed by atoms with van der Waals surface area (Å²) >= 11 is 15.3. The molecule has 0 aliphatic rings. The molecule has 1 aromatic heterocycles. The fraction of sp³-hybridized carbons (Fsp3) is 0. The van der Waals surface area contributed by atoms with Crippen LogP contribution in [0, 0.1) is 0 Å². The minimum Gasteiger partial charge on any atom is -0.506 e. The molecule has 4 aromatic rings. The fourth-order valence-electron chi connectivity index (χ4n) is 2.54. The van der Waals surface area contributed by atoms with Crippen LogP contribution in [-0.4, -0.2) is 16.3 Å². The Hall–Kier alpha value is -2.34. The topological polar surface area (TPSA) is 58.6 Å². The van der Waals surface area contributed by atoms with E-state index in [1.807, 2.05) is 30.3 Å². The van der Waals surface area contributed by atoms with Gasteiger partial charge in [0, 0.05) is 26.8 Å². The molecule has 0 aliphatic heterocycles. The Morgan fingerprint density at radius 2 is 1.81 bits per heavy atom. The standard InChI is InChI=1S/C20H11BrCl2N2O2/c21-13-3-1-11(2-4-13)20-25-17-9-15(5-6-18(17)27-20)24-10-12-7-14(22)8-16(23)19(12)26/h1-10,26H. The van der Waals surface area contributed by atoms with Crippen LogP contribution in [0.5, 0.6) is 5.75 Å². The number of aromatic nitrogens is 1. The van der Waals surface area contributed by atoms with Crippen molar-refractivity contribution >= 4 is 62.1 Å². The van der Waals surface area contributed by atoms with Gasteiger partial charge in [-0.15, -0.1) is 0 Å². The van der Waals surface area contributed by atoms with Crippen LogP contribution in [0.15, 0.2) is 68.5 Å². The van der Waals surface area contributed by atoms with Crippen LogP contribution in [0.25, 0.3) is 22.6 Å². The Kier molecular flexibility index (Phi) is 4.91. The van der Waals surface area contributed by atoms with Crippen molar-refractivity contribution in [1.82, 2.24) is 4.98 Å². The average molecular weight is 462 g/mol. The fourth-order valence-corrected chi connectivity index (χ4v) is 3.31. The maximum Gasteiger partial charge on any atom is 0.227 e. The van der Waals surface area contributed by atoms with Gasteiger partial charge in [0.2, 0.25) is 5.89 Å². The molecular formula is C20H11BrCl2N2O2. The molecule has 0 spiro atoms. The maximum absolute atomic E-state index is 10.0. The number of halogens is 3. The number of hydrogen-bond acceptors (Lipinski definition) is 4. The molecule has 27 heavy (non-hydrogen) atoms. The number of benzene rings is 3. The minimum atomic E-state index is -0.0649. The number of nitrogens with zero attached hydrogens (tertiary/aromatic N) is 2. The van der Waals surface area contributed by atoms with Crippen molar-refractivity contribution in [2.45, 2.75) is 0 Å². The molecule has 3 aromatic carbocycles. The van der Waals surface area contributed by atoms with Crippen molar-refractivity contribution in [1.29, 1.82) is 0 Å². The van der Waals surface area contributed by atoms with Gasteiger partial charge >= 0.3 is 0 Å². The van der Waals surface area contributed by atoms with Gasteiger partial charge in [0.25, 0.3) is 0 Å². The molecule has 0 saturated heterocycles. The Labute approximate surface area is 173 Å². The number of phenols is 1. The Bertz CT molecular complexity index is 1170. The van der Waals surface area contributed by atoms with Crippen molar-refractivity contribution < 1.29 is 9.52 Å². The highest BCUT2D eigenvalue weighted by Gasteiger charge is 2.09. The van der Waals surface area contributed by atoms with E-state index in [-0.39, 0.29) is 10.8 Å². The van der Waals surface area contributed by atoms with Gasteiger partial charge in [-0.05, 0) is 54.6 Å². The molecule has 1 N–H and O–H groups in total. The molecule has 4 rings (SSSR count). The highest BCUT2D eigenvalue weighted by Crippen LogP contribution is 2.31. The quantitative estimate of drug-likeness (QED) is 0.333. The minimum absolute atomic E-state index is 0.0649. The molecule has 0 saturated carbocycles. The summed E-state index contributed by atoms with van der Waals surface area (Å²) in [5.74, 6) is 0.475. The number of oxazole rings is 1. The lowest BCUT2D eigenvalue weighted by Gasteiger charge is -2.02. The van der Waals surface area contributed by atoms with Crippen LogP contribution >= 0.6 is 39.1 Å². The summed E-state index contributed by atoms with van der Waals surface area (Å²) in [5.41, 5.74) is 3.34. The molecule has 0 atom stereocenters. The normalized spacial score (nSPS) is 11.5. The molecule has 0 radical (unpaired) electrons. The number of phenolic OH excluding ortho intramolecular Hbond substituents is 1. The molecule has 0 bridgehead atoms. The zero-order chi connectivity index (χ0) is 19.0. The molecule has 134 valence electrons. The van der Waals surface area contributed by atoms with Gasteiger partial charge in [-0.3, -0.25) is 4.99 Å². The van der Waals surface area contributed by atoms with Gasteiger partial charge in [-0.2, -0.15) is 0 Å². The van der Waals surface area contributed by atoms with Crippen LogP contribution in [-0.2, 0) is 0 Å². The van der Waals surface area contributed by atoms with Crippen molar-refractivity contribution in [3.05, 3.63) is 74.7 Å². The second kappa shape index (κ2) is 7.35. The van der Waals surface area contributed by atoms with Gasteiger partial charge in [0.05, 0.1) is 10.7 Å². The summed E-state index contributed by atoms with van der Waals surface area (Å²) in [6.07, 6.45) is 1.50. The summed E-state index contributed by atoms with van der Waals surface area (Å²) in [6.45, 7) is 0. The van der Waals surface area contributed by atoms with Crippen molar-refractivity contribution in [3.8, 4) is 17.2 Å². The third-order valence-electron chi connectivity index (χ3n) is 3.87. The largest absolute Gasteiger partial charge is 0.506 e. The molecule has 4 nitrogen and oxygen atoms in total. The lowest BCUT2D eigenvalue weighted by atomic mass is 10.2. The van der Waals surface area contributed by atoms with E-state index < -0.39 is 0 Å². The second-order valence-electron chi connectivity index (χ2n) is 5.76. The lowest BCUT2D eigenvalue weighted by molar-refractivity contribution is 0.475. The average Bonchev–Trinajstić information content (AvgIpc) is 3.07. The first kappa shape index (κ1) is 18.0. The van der Waals surface area contributed by atoms with E-state index in [0.29, 0.717) is 33.3 Å². The lowest BCUT2D eigenvalue weighted by Crippen LogP contribution is -1.84. The SMILES string of the molecule is Oc1c(Cl)cc(Cl)cc1C=Nc1ccc2oc(-c3ccc(Br)cc3)nc2c1. The van der Waals surface area contributed by atoms with Gasteiger partial charge in [-0.1, -0.05) is 39.1 Å². The molecule has 0 amide bonds. The molecule has 0 fully saturated rings. The van der Waals surface area contributed by atoms with Gasteiger partial charge < -0.3 is 9.52 Å². The van der Waals surface area contributed by atoms with E-state index in [1.165, 1.54) is 12.3 Å². The summed E-state index contributed by atoms with van der Waals surface area (Å²) in [7, 11) is 0. The Balaban J connectivity index is 1.67. The zero-order valence-corrected chi connectivity index (χ0v) is 16.8. The van der Waals surface area contributed by atoms with Gasteiger partial charge in [0.15, 0.2) is 5.58 Å². The van der Waals surface area contributed by atoms with Gasteiger partial charge in [0.1, 0.15) is 11.3 Å². The first-order valence-corrected chi connectivity index (χ1v) is 9.43. The van der Waals surface area contributed by atoms with Gasteiger partial charge in [-0.25, -0.2) is 4.98 Å². The van der Waals surface area contributed by atoms with Crippen molar-refractivity contribution in [2.24, 2.45) is 4.99 Å². The number of hydrogen-bond donors (Lipinski definition) is 1. The zero-order valence-electron chi connectivity index (χ0n) is 13.7. The van der Waals surface area contributed by atoms with Crippen LogP contribution in [0.4, 0.5) is 5.69 Å². The maximum atomic E-state index is 10.0. The first-order valence-electron chi connectivity index (χ1n) is 7.88. The van der Waals surface area contributed by atoms with Crippen molar-refractivity contribution in [3.63, 3.8) is 0 Å². The third-order valence-corrected chi connectivity index (χ3v) is 4.91. The predicted octanol–water partition coefficient (Wildman–Crippen LogP) is 7.02. The van der Waals surface area contributed by atoms with Crippen LogP contribution in [0.3, 0.4) is 0 Å². The van der Waals surface area contributed by atoms with E-state index in [4.69, 9.17) is 27.6 Å². The monoisotopic (exact) mass is 460 g/mol. The van der Waals surface area contributed by atoms with Crippen LogP contribution in [0.2, 0.25) is 10.0 Å². The van der Waals surface area contributed by atoms with E-state index >= 15 is 0 Å². The van der Waals surface area contributed by atoms with Crippen LogP contribution in [0.1, 0.15) is 5.56 Å². The highest BCUT2D eigenvalue weighted by molar-refractivity contribution is 9.10. The number of rotatable bonds is 3. The third kappa shape index (κ3) is 3.86. The molecule has 0 aliphatic carbocycles. The summed E-state index contributed by atoms with van der Waals surface area (Å²) in [6, 6.07) is 16.2. The number of fused-ring (bicyclic) bond motifs is 1. The summed E-state index contributed by atoms with van der Waals surface area (Å²) in [4.78, 5) is 8.90. The summed E-state index contributed by atoms with van der Waals surface area (Å²) in [5, 5.41) is 10.6. The Morgan fingerprint density at radius 3 is 2.59 bits per heavy atom. The van der Waals surface area contributed by atoms with E-state index in [0.717, 1.165) is 10.0 Å².